The van der Waals surface area contributed by atoms with Crippen LogP contribution in [0.4, 0.5) is 15.8 Å². The van der Waals surface area contributed by atoms with Gasteiger partial charge >= 0.3 is 0 Å². The third kappa shape index (κ3) is 4.03. The monoisotopic (exact) mass is 251 g/mol. The zero-order chi connectivity index (χ0) is 13.4. The first-order valence-corrected chi connectivity index (χ1v) is 5.37. The molecule has 5 nitrogen and oxygen atoms in total. The van der Waals surface area contributed by atoms with Crippen molar-refractivity contribution in [3.05, 3.63) is 24.0 Å². The van der Waals surface area contributed by atoms with Gasteiger partial charge in [-0.1, -0.05) is 6.07 Å². The Balaban J connectivity index is 2.80. The Bertz CT molecular complexity index is 457. The average Bonchev–Trinajstić information content (AvgIpc) is 2.34. The summed E-state index contributed by atoms with van der Waals surface area (Å²) in [6, 6.07) is 6.12. The summed E-state index contributed by atoms with van der Waals surface area (Å²) in [4.78, 5) is 11.3. The maximum absolute atomic E-state index is 13.6. The van der Waals surface area contributed by atoms with Gasteiger partial charge in [-0.15, -0.1) is 0 Å². The highest BCUT2D eigenvalue weighted by atomic mass is 19.1. The summed E-state index contributed by atoms with van der Waals surface area (Å²) in [6.07, 6.45) is -0.314. The van der Waals surface area contributed by atoms with Gasteiger partial charge in [-0.05, 0) is 12.1 Å². The predicted molar refractivity (Wildman–Crippen MR) is 65.6 cm³/mol. The van der Waals surface area contributed by atoms with Crippen LogP contribution in [0.2, 0.25) is 0 Å². The number of halogens is 1. The molecule has 18 heavy (non-hydrogen) atoms. The number of carbonyl (C=O) groups excluding carboxylic acids is 1. The van der Waals surface area contributed by atoms with Crippen LogP contribution in [0.25, 0.3) is 0 Å². The molecule has 0 saturated heterocycles. The van der Waals surface area contributed by atoms with Crippen molar-refractivity contribution in [2.45, 2.75) is 6.42 Å². The zero-order valence-corrected chi connectivity index (χ0v) is 10.00. The van der Waals surface area contributed by atoms with Gasteiger partial charge in [0.05, 0.1) is 18.4 Å². The Hall–Kier alpha value is -2.13. The fraction of sp³-hybridized carbons (Fsp3) is 0.333. The summed E-state index contributed by atoms with van der Waals surface area (Å²) >= 11 is 0. The lowest BCUT2D eigenvalue weighted by Gasteiger charge is -2.13. The second-order valence-corrected chi connectivity index (χ2v) is 3.47. The van der Waals surface area contributed by atoms with Gasteiger partial charge in [0.1, 0.15) is 17.9 Å². The maximum Gasteiger partial charge on any atom is 0.238 e. The Morgan fingerprint density at radius 3 is 3.00 bits per heavy atom. The molecule has 0 radical (unpaired) electrons. The van der Waals surface area contributed by atoms with Crippen LogP contribution in [0.5, 0.6) is 0 Å². The molecular weight excluding hydrogens is 237 g/mol. The van der Waals surface area contributed by atoms with E-state index in [9.17, 15) is 9.18 Å². The van der Waals surface area contributed by atoms with Gasteiger partial charge in [-0.2, -0.15) is 5.26 Å². The highest BCUT2D eigenvalue weighted by Gasteiger charge is 2.11. The molecule has 0 spiro atoms. The van der Waals surface area contributed by atoms with E-state index in [1.54, 1.807) is 19.2 Å². The molecule has 0 fully saturated rings. The van der Waals surface area contributed by atoms with Crippen molar-refractivity contribution in [3.63, 3.8) is 0 Å². The van der Waals surface area contributed by atoms with Gasteiger partial charge < -0.3 is 15.4 Å². The largest absolute Gasteiger partial charge is 0.383 e. The molecule has 0 aliphatic rings. The molecule has 1 aromatic carbocycles. The minimum atomic E-state index is -0.552. The van der Waals surface area contributed by atoms with Crippen molar-refractivity contribution < 1.29 is 13.9 Å². The van der Waals surface area contributed by atoms with Crippen molar-refractivity contribution in [1.29, 1.82) is 5.26 Å². The Labute approximate surface area is 105 Å². The van der Waals surface area contributed by atoms with Crippen LogP contribution in [0.15, 0.2) is 18.2 Å². The van der Waals surface area contributed by atoms with E-state index in [0.717, 1.165) is 0 Å². The highest BCUT2D eigenvalue weighted by molar-refractivity contribution is 5.95. The number of para-hydroxylation sites is 1. The van der Waals surface area contributed by atoms with Crippen LogP contribution >= 0.6 is 0 Å². The quantitative estimate of drug-likeness (QED) is 0.755. The SMILES string of the molecule is COCCNc1cccc(F)c1NC(=O)CC#N. The van der Waals surface area contributed by atoms with E-state index < -0.39 is 11.7 Å². The van der Waals surface area contributed by atoms with Crippen LogP contribution in [0.1, 0.15) is 6.42 Å². The van der Waals surface area contributed by atoms with E-state index in [1.807, 2.05) is 0 Å². The number of nitriles is 1. The minimum absolute atomic E-state index is 0.0499. The summed E-state index contributed by atoms with van der Waals surface area (Å²) in [7, 11) is 1.56. The van der Waals surface area contributed by atoms with E-state index in [1.165, 1.54) is 12.1 Å². The molecule has 0 heterocycles. The fourth-order valence-electron chi connectivity index (χ4n) is 1.34. The van der Waals surface area contributed by atoms with Gasteiger partial charge in [-0.3, -0.25) is 4.79 Å². The van der Waals surface area contributed by atoms with E-state index in [2.05, 4.69) is 10.6 Å². The number of benzene rings is 1. The Kier molecular flexibility index (Phi) is 5.61. The van der Waals surface area contributed by atoms with Crippen molar-refractivity contribution in [2.24, 2.45) is 0 Å². The molecule has 0 aromatic heterocycles. The number of rotatable bonds is 6. The van der Waals surface area contributed by atoms with Gasteiger partial charge in [0.25, 0.3) is 0 Å². The molecule has 1 aromatic rings. The number of methoxy groups -OCH3 is 1. The van der Waals surface area contributed by atoms with Gasteiger partial charge in [0.2, 0.25) is 5.91 Å². The van der Waals surface area contributed by atoms with Crippen LogP contribution in [0.3, 0.4) is 0 Å². The van der Waals surface area contributed by atoms with Crippen molar-refractivity contribution in [2.75, 3.05) is 30.9 Å². The highest BCUT2D eigenvalue weighted by Crippen LogP contribution is 2.24. The Morgan fingerprint density at radius 1 is 1.56 bits per heavy atom. The lowest BCUT2D eigenvalue weighted by molar-refractivity contribution is -0.115. The number of nitrogens with one attached hydrogen (secondary N) is 2. The topological polar surface area (TPSA) is 74.2 Å². The number of carbonyl (C=O) groups is 1. The third-order valence-corrected chi connectivity index (χ3v) is 2.14. The molecule has 0 unspecified atom stereocenters. The minimum Gasteiger partial charge on any atom is -0.383 e. The van der Waals surface area contributed by atoms with Crippen molar-refractivity contribution in [1.82, 2.24) is 0 Å². The molecule has 6 heteroatoms. The van der Waals surface area contributed by atoms with Crippen LogP contribution in [-0.2, 0) is 9.53 Å². The standard InChI is InChI=1S/C12H14FN3O2/c1-18-8-7-15-10-4-2-3-9(13)12(10)16-11(17)5-6-14/h2-4,15H,5,7-8H2,1H3,(H,16,17). The molecule has 1 amide bonds. The molecule has 1 rings (SSSR count). The average molecular weight is 251 g/mol. The summed E-state index contributed by atoms with van der Waals surface area (Å²) < 4.78 is 18.5. The summed E-state index contributed by atoms with van der Waals surface area (Å²) in [5.41, 5.74) is 0.507. The van der Waals surface area contributed by atoms with E-state index in [0.29, 0.717) is 18.8 Å². The molecule has 2 N–H and O–H groups in total. The summed E-state index contributed by atoms with van der Waals surface area (Å²) in [6.45, 7) is 0.948. The first-order valence-electron chi connectivity index (χ1n) is 5.37. The smallest absolute Gasteiger partial charge is 0.238 e. The van der Waals surface area contributed by atoms with Crippen LogP contribution in [0, 0.1) is 17.1 Å². The molecule has 96 valence electrons. The predicted octanol–water partition coefficient (Wildman–Crippen LogP) is 1.74. The van der Waals surface area contributed by atoms with E-state index in [-0.39, 0.29) is 12.1 Å². The van der Waals surface area contributed by atoms with Crippen molar-refractivity contribution >= 4 is 17.3 Å². The number of amides is 1. The lowest BCUT2D eigenvalue weighted by atomic mass is 10.2. The molecule has 0 aliphatic carbocycles. The second kappa shape index (κ2) is 7.25. The molecule has 0 atom stereocenters. The number of hydrogen-bond acceptors (Lipinski definition) is 4. The maximum atomic E-state index is 13.6. The third-order valence-electron chi connectivity index (χ3n) is 2.14. The molecule has 0 saturated carbocycles. The molecular formula is C12H14FN3O2. The number of nitrogens with zero attached hydrogens (tertiary/aromatic N) is 1. The first-order chi connectivity index (χ1) is 8.69. The lowest BCUT2D eigenvalue weighted by Crippen LogP contribution is -2.15. The van der Waals surface area contributed by atoms with Crippen LogP contribution < -0.4 is 10.6 Å². The number of ether oxygens (including phenoxy) is 1. The number of anilines is 2. The van der Waals surface area contributed by atoms with Gasteiger partial charge in [0, 0.05) is 13.7 Å². The van der Waals surface area contributed by atoms with E-state index in [4.69, 9.17) is 10.00 Å². The molecule has 0 aliphatic heterocycles. The van der Waals surface area contributed by atoms with Gasteiger partial charge in [0.15, 0.2) is 0 Å². The fourth-order valence-corrected chi connectivity index (χ4v) is 1.34. The zero-order valence-electron chi connectivity index (χ0n) is 10.00. The first kappa shape index (κ1) is 13.9. The Morgan fingerprint density at radius 2 is 2.33 bits per heavy atom. The van der Waals surface area contributed by atoms with E-state index >= 15 is 0 Å². The number of hydrogen-bond donors (Lipinski definition) is 2. The van der Waals surface area contributed by atoms with Crippen LogP contribution in [-0.4, -0.2) is 26.2 Å². The summed E-state index contributed by atoms with van der Waals surface area (Å²) in [5, 5.41) is 13.7. The van der Waals surface area contributed by atoms with Gasteiger partial charge in [-0.25, -0.2) is 4.39 Å². The summed E-state index contributed by atoms with van der Waals surface area (Å²) in [5.74, 6) is -1.10. The molecule has 0 bridgehead atoms. The second-order valence-electron chi connectivity index (χ2n) is 3.47. The normalized spacial score (nSPS) is 9.61. The van der Waals surface area contributed by atoms with Crippen molar-refractivity contribution in [3.8, 4) is 6.07 Å².